The number of aryl methyl sites for hydroxylation is 1. The zero-order valence-electron chi connectivity index (χ0n) is 18.7. The van der Waals surface area contributed by atoms with Crippen LogP contribution in [0.5, 0.6) is 5.75 Å². The van der Waals surface area contributed by atoms with Crippen molar-refractivity contribution in [3.05, 3.63) is 65.2 Å². The molecule has 0 aromatic heterocycles. The zero-order valence-corrected chi connectivity index (χ0v) is 18.7. The molecule has 0 spiro atoms. The number of carbonyl (C=O) groups excluding carboxylic acids is 4. The Morgan fingerprint density at radius 2 is 1.36 bits per heavy atom. The highest BCUT2D eigenvalue weighted by molar-refractivity contribution is 6.22. The fraction of sp³-hybridized carbons (Fsp3) is 0.360. The third-order valence-corrected chi connectivity index (χ3v) is 6.04. The van der Waals surface area contributed by atoms with Gasteiger partial charge in [0.25, 0.3) is 11.8 Å². The Bertz CT molecular complexity index is 1040. The Morgan fingerprint density at radius 1 is 0.818 bits per heavy atom. The lowest BCUT2D eigenvalue weighted by Crippen LogP contribution is -2.53. The minimum atomic E-state index is -0.439. The average molecular weight is 450 g/mol. The van der Waals surface area contributed by atoms with E-state index in [-0.39, 0.29) is 18.4 Å². The molecule has 0 unspecified atom stereocenters. The van der Waals surface area contributed by atoms with E-state index < -0.39 is 11.8 Å². The minimum Gasteiger partial charge on any atom is -0.493 e. The van der Waals surface area contributed by atoms with Crippen LogP contribution in [0.25, 0.3) is 0 Å². The monoisotopic (exact) mass is 449 g/mol. The number of amides is 4. The number of hydrogen-bond acceptors (Lipinski definition) is 5. The maximum Gasteiger partial charge on any atom is 0.262 e. The largest absolute Gasteiger partial charge is 0.493 e. The van der Waals surface area contributed by atoms with Gasteiger partial charge in [0, 0.05) is 32.6 Å². The van der Waals surface area contributed by atoms with Crippen molar-refractivity contribution in [3.8, 4) is 5.75 Å². The number of rotatable bonds is 7. The molecule has 0 atom stereocenters. The quantitative estimate of drug-likeness (QED) is 0.477. The number of fused-ring (bicyclic) bond motifs is 1. The maximum absolute atomic E-state index is 12.7. The van der Waals surface area contributed by atoms with Crippen molar-refractivity contribution in [1.29, 1.82) is 0 Å². The van der Waals surface area contributed by atoms with Crippen LogP contribution < -0.4 is 4.74 Å². The van der Waals surface area contributed by atoms with Crippen molar-refractivity contribution >= 4 is 23.6 Å². The SMILES string of the molecule is Cc1ccccc1OCCCC(=O)N1CCN(C(=O)CN2C(=O)c3ccccc3C2=O)CC1. The first kappa shape index (κ1) is 22.5. The third kappa shape index (κ3) is 4.89. The molecular formula is C25H27N3O5. The van der Waals surface area contributed by atoms with Gasteiger partial charge in [-0.1, -0.05) is 30.3 Å². The maximum atomic E-state index is 12.7. The second-order valence-electron chi connectivity index (χ2n) is 8.22. The number of piperazine rings is 1. The second-order valence-corrected chi connectivity index (χ2v) is 8.22. The van der Waals surface area contributed by atoms with E-state index in [1.54, 1.807) is 34.1 Å². The topological polar surface area (TPSA) is 87.2 Å². The molecule has 0 saturated carbocycles. The molecular weight excluding hydrogens is 422 g/mol. The van der Waals surface area contributed by atoms with E-state index in [4.69, 9.17) is 4.74 Å². The zero-order chi connectivity index (χ0) is 23.4. The molecule has 2 heterocycles. The Hall–Kier alpha value is -3.68. The molecule has 1 saturated heterocycles. The summed E-state index contributed by atoms with van der Waals surface area (Å²) in [5.41, 5.74) is 1.72. The molecule has 2 aliphatic heterocycles. The second kappa shape index (κ2) is 9.85. The molecule has 33 heavy (non-hydrogen) atoms. The predicted molar refractivity (Wildman–Crippen MR) is 121 cm³/mol. The van der Waals surface area contributed by atoms with E-state index in [0.29, 0.717) is 56.8 Å². The van der Waals surface area contributed by atoms with Crippen molar-refractivity contribution in [1.82, 2.24) is 14.7 Å². The molecule has 4 rings (SSSR count). The summed E-state index contributed by atoms with van der Waals surface area (Å²) in [7, 11) is 0. The lowest BCUT2D eigenvalue weighted by atomic mass is 10.1. The van der Waals surface area contributed by atoms with E-state index >= 15 is 0 Å². The summed E-state index contributed by atoms with van der Waals surface area (Å²) in [5.74, 6) is -0.300. The Kier molecular flexibility index (Phi) is 6.72. The van der Waals surface area contributed by atoms with Crippen LogP contribution in [0.1, 0.15) is 39.1 Å². The van der Waals surface area contributed by atoms with Gasteiger partial charge < -0.3 is 14.5 Å². The molecule has 172 valence electrons. The van der Waals surface area contributed by atoms with Crippen molar-refractivity contribution in [2.45, 2.75) is 19.8 Å². The molecule has 2 aromatic rings. The van der Waals surface area contributed by atoms with Crippen molar-refractivity contribution in [2.75, 3.05) is 39.3 Å². The molecule has 0 radical (unpaired) electrons. The summed E-state index contributed by atoms with van der Waals surface area (Å²) in [6.45, 7) is 3.80. The Morgan fingerprint density at radius 3 is 1.97 bits per heavy atom. The van der Waals surface area contributed by atoms with Gasteiger partial charge in [0.1, 0.15) is 12.3 Å². The fourth-order valence-corrected chi connectivity index (χ4v) is 4.11. The smallest absolute Gasteiger partial charge is 0.262 e. The highest BCUT2D eigenvalue weighted by Crippen LogP contribution is 2.22. The Balaban J connectivity index is 1.20. The van der Waals surface area contributed by atoms with Gasteiger partial charge in [0.05, 0.1) is 17.7 Å². The van der Waals surface area contributed by atoms with E-state index in [2.05, 4.69) is 0 Å². The van der Waals surface area contributed by atoms with Crippen molar-refractivity contribution in [2.24, 2.45) is 0 Å². The van der Waals surface area contributed by atoms with Crippen LogP contribution in [0, 0.1) is 6.92 Å². The number of carbonyl (C=O) groups is 4. The van der Waals surface area contributed by atoms with Gasteiger partial charge >= 0.3 is 0 Å². The van der Waals surface area contributed by atoms with Crippen LogP contribution in [0.15, 0.2) is 48.5 Å². The normalized spacial score (nSPS) is 15.6. The van der Waals surface area contributed by atoms with E-state index in [9.17, 15) is 19.2 Å². The fourth-order valence-electron chi connectivity index (χ4n) is 4.11. The molecule has 2 aliphatic rings. The number of para-hydroxylation sites is 1. The molecule has 4 amide bonds. The third-order valence-electron chi connectivity index (χ3n) is 6.04. The first-order chi connectivity index (χ1) is 16.0. The number of hydrogen-bond donors (Lipinski definition) is 0. The number of benzene rings is 2. The lowest BCUT2D eigenvalue weighted by Gasteiger charge is -2.35. The number of imide groups is 1. The first-order valence-corrected chi connectivity index (χ1v) is 11.1. The van der Waals surface area contributed by atoms with Gasteiger partial charge in [-0.3, -0.25) is 24.1 Å². The lowest BCUT2D eigenvalue weighted by molar-refractivity contribution is -0.139. The molecule has 8 nitrogen and oxygen atoms in total. The number of ether oxygens (including phenoxy) is 1. The predicted octanol–water partition coefficient (Wildman–Crippen LogP) is 2.12. The minimum absolute atomic E-state index is 0.0378. The average Bonchev–Trinajstić information content (AvgIpc) is 3.08. The highest BCUT2D eigenvalue weighted by Gasteiger charge is 2.37. The van der Waals surface area contributed by atoms with Gasteiger partial charge in [-0.05, 0) is 37.1 Å². The Labute approximate surface area is 192 Å². The van der Waals surface area contributed by atoms with Crippen LogP contribution in [-0.4, -0.2) is 77.7 Å². The molecule has 2 aromatic carbocycles. The van der Waals surface area contributed by atoms with Crippen LogP contribution >= 0.6 is 0 Å². The van der Waals surface area contributed by atoms with Gasteiger partial charge in [0.15, 0.2) is 0 Å². The summed E-state index contributed by atoms with van der Waals surface area (Å²) in [6, 6.07) is 14.3. The van der Waals surface area contributed by atoms with Crippen LogP contribution in [0.2, 0.25) is 0 Å². The highest BCUT2D eigenvalue weighted by atomic mass is 16.5. The van der Waals surface area contributed by atoms with Gasteiger partial charge in [-0.2, -0.15) is 0 Å². The molecule has 0 N–H and O–H groups in total. The standard InChI is InChI=1S/C25H27N3O5/c1-18-7-2-5-10-21(18)33-16-6-11-22(29)26-12-14-27(15-13-26)23(30)17-28-24(31)19-8-3-4-9-20(19)25(28)32/h2-5,7-10H,6,11-17H2,1H3. The number of nitrogens with zero attached hydrogens (tertiary/aromatic N) is 3. The van der Waals surface area contributed by atoms with Gasteiger partial charge in [-0.25, -0.2) is 0 Å². The van der Waals surface area contributed by atoms with Gasteiger partial charge in [-0.15, -0.1) is 0 Å². The van der Waals surface area contributed by atoms with E-state index in [0.717, 1.165) is 16.2 Å². The first-order valence-electron chi connectivity index (χ1n) is 11.1. The van der Waals surface area contributed by atoms with E-state index in [1.807, 2.05) is 31.2 Å². The summed E-state index contributed by atoms with van der Waals surface area (Å²) in [5, 5.41) is 0. The van der Waals surface area contributed by atoms with Crippen molar-refractivity contribution < 1.29 is 23.9 Å². The summed E-state index contributed by atoms with van der Waals surface area (Å²) in [4.78, 5) is 54.5. The summed E-state index contributed by atoms with van der Waals surface area (Å²) in [6.07, 6.45) is 1.00. The summed E-state index contributed by atoms with van der Waals surface area (Å²) >= 11 is 0. The van der Waals surface area contributed by atoms with Gasteiger partial charge in [0.2, 0.25) is 11.8 Å². The van der Waals surface area contributed by atoms with Crippen molar-refractivity contribution in [3.63, 3.8) is 0 Å². The molecule has 0 bridgehead atoms. The van der Waals surface area contributed by atoms with Crippen LogP contribution in [0.4, 0.5) is 0 Å². The summed E-state index contributed by atoms with van der Waals surface area (Å²) < 4.78 is 5.74. The molecule has 0 aliphatic carbocycles. The van der Waals surface area contributed by atoms with Crippen LogP contribution in [0.3, 0.4) is 0 Å². The molecule has 1 fully saturated rings. The molecule has 8 heteroatoms. The van der Waals surface area contributed by atoms with E-state index in [1.165, 1.54) is 0 Å². The van der Waals surface area contributed by atoms with Crippen LogP contribution in [-0.2, 0) is 9.59 Å².